The van der Waals surface area contributed by atoms with Gasteiger partial charge >= 0.3 is 5.97 Å². The average Bonchev–Trinajstić information content (AvgIpc) is 3.40. The van der Waals surface area contributed by atoms with Crippen molar-refractivity contribution in [1.82, 2.24) is 14.8 Å². The highest BCUT2D eigenvalue weighted by Gasteiger charge is 2.46. The molecule has 2 aromatic heterocycles. The van der Waals surface area contributed by atoms with E-state index >= 15 is 0 Å². The number of H-pyrrole nitrogens is 1. The number of nitrogens with one attached hydrogen (secondary N) is 1. The summed E-state index contributed by atoms with van der Waals surface area (Å²) in [5.41, 5.74) is 6.64. The summed E-state index contributed by atoms with van der Waals surface area (Å²) in [4.78, 5) is 12.0. The molecule has 1 unspecified atom stereocenters. The van der Waals surface area contributed by atoms with Crippen LogP contribution >= 0.6 is 0 Å². The van der Waals surface area contributed by atoms with E-state index in [1.54, 1.807) is 0 Å². The molecule has 3 heterocycles. The maximum absolute atomic E-state index is 13.8. The Hall–Kier alpha value is -3.61. The third-order valence-corrected chi connectivity index (χ3v) is 7.72. The van der Waals surface area contributed by atoms with Crippen LogP contribution in [0.25, 0.3) is 27.5 Å². The number of benzene rings is 2. The molecular formula is C26H22FN3O3. The Kier molecular flexibility index (Phi) is 3.84. The molecule has 0 fully saturated rings. The molecule has 0 bridgehead atoms. The van der Waals surface area contributed by atoms with E-state index < -0.39 is 11.9 Å². The number of hydrogen-bond donors (Lipinski definition) is 2. The number of carboxylic acids is 1. The topological polar surface area (TPSA) is 80.1 Å². The second-order valence-corrected chi connectivity index (χ2v) is 9.38. The smallest absolute Gasteiger partial charge is 0.314 e. The van der Waals surface area contributed by atoms with Crippen molar-refractivity contribution in [3.63, 3.8) is 0 Å². The molecule has 0 radical (unpaired) electrons. The van der Waals surface area contributed by atoms with E-state index in [0.717, 1.165) is 41.4 Å². The first-order chi connectivity index (χ1) is 16.1. The number of hydrogen-bond acceptors (Lipinski definition) is 3. The average molecular weight is 443 g/mol. The van der Waals surface area contributed by atoms with Gasteiger partial charge in [0.25, 0.3) is 0 Å². The van der Waals surface area contributed by atoms with Crippen molar-refractivity contribution < 1.29 is 19.0 Å². The SMILES string of the molecule is O=C(O)[C@@H]1CC[C@H]2Cc3c(n(-c4ccc(F)cc4)c4cc5cn[nH]c5cc34)C3CCOC1=C32. The number of ether oxygens (including phenoxy) is 1. The molecule has 0 amide bonds. The number of aliphatic carboxylic acids is 1. The van der Waals surface area contributed by atoms with Gasteiger partial charge < -0.3 is 14.4 Å². The summed E-state index contributed by atoms with van der Waals surface area (Å²) in [7, 11) is 0. The molecule has 6 nitrogen and oxygen atoms in total. The number of aromatic nitrogens is 3. The van der Waals surface area contributed by atoms with E-state index in [9.17, 15) is 14.3 Å². The Morgan fingerprint density at radius 3 is 2.85 bits per heavy atom. The largest absolute Gasteiger partial charge is 0.497 e. The van der Waals surface area contributed by atoms with Crippen LogP contribution in [0.2, 0.25) is 0 Å². The van der Waals surface area contributed by atoms with Crippen LogP contribution in [0.1, 0.15) is 36.4 Å². The van der Waals surface area contributed by atoms with Crippen LogP contribution < -0.4 is 0 Å². The van der Waals surface area contributed by atoms with E-state index in [1.165, 1.54) is 34.3 Å². The number of halogens is 1. The van der Waals surface area contributed by atoms with Crippen LogP contribution in [-0.2, 0) is 16.0 Å². The lowest BCUT2D eigenvalue weighted by atomic mass is 9.66. The Labute approximate surface area is 188 Å². The van der Waals surface area contributed by atoms with Crippen molar-refractivity contribution in [3.8, 4) is 5.69 Å². The molecule has 4 aromatic rings. The van der Waals surface area contributed by atoms with Crippen LogP contribution in [0.3, 0.4) is 0 Å². The van der Waals surface area contributed by atoms with Crippen molar-refractivity contribution in [2.75, 3.05) is 6.61 Å². The maximum Gasteiger partial charge on any atom is 0.314 e. The molecule has 0 saturated carbocycles. The fraction of sp³-hybridized carbons (Fsp3) is 0.308. The Bertz CT molecular complexity index is 1480. The Balaban J connectivity index is 1.56. The lowest BCUT2D eigenvalue weighted by molar-refractivity contribution is -0.142. The van der Waals surface area contributed by atoms with E-state index in [1.807, 2.05) is 18.3 Å². The van der Waals surface area contributed by atoms with Crippen LogP contribution in [0.15, 0.2) is 53.9 Å². The first kappa shape index (κ1) is 18.9. The van der Waals surface area contributed by atoms with Gasteiger partial charge in [-0.25, -0.2) is 4.39 Å². The lowest BCUT2D eigenvalue weighted by Gasteiger charge is -2.43. The molecule has 166 valence electrons. The van der Waals surface area contributed by atoms with Gasteiger partial charge in [0.1, 0.15) is 17.5 Å². The minimum absolute atomic E-state index is 0.0959. The summed E-state index contributed by atoms with van der Waals surface area (Å²) >= 11 is 0. The van der Waals surface area contributed by atoms with Gasteiger partial charge in [-0.05, 0) is 79.1 Å². The standard InChI is InChI=1S/C26H22FN3O3/c27-15-2-4-16(5-3-15)30-22-10-14-12-28-29-21(14)11-19(22)20-9-13-1-6-18(26(31)32)25-23(13)17(24(20)30)7-8-33-25/h2-5,10-13,17-18H,1,6-9H2,(H,28,29)(H,31,32)/t13-,17?,18+/m0/s1. The molecule has 7 heteroatoms. The number of aromatic amines is 1. The number of carboxylic acid groups (broad SMARTS) is 1. The molecule has 1 aliphatic heterocycles. The highest BCUT2D eigenvalue weighted by Crippen LogP contribution is 2.54. The highest BCUT2D eigenvalue weighted by atomic mass is 19.1. The molecule has 3 aliphatic rings. The number of carbonyl (C=O) groups is 1. The molecule has 2 aliphatic carbocycles. The van der Waals surface area contributed by atoms with Gasteiger partial charge in [-0.15, -0.1) is 0 Å². The second kappa shape index (κ2) is 6.70. The molecule has 0 saturated heterocycles. The monoisotopic (exact) mass is 443 g/mol. The van der Waals surface area contributed by atoms with Crippen LogP contribution in [-0.4, -0.2) is 32.4 Å². The second-order valence-electron chi connectivity index (χ2n) is 9.38. The minimum atomic E-state index is -0.803. The quantitative estimate of drug-likeness (QED) is 0.453. The number of fused-ring (bicyclic) bond motifs is 5. The fourth-order valence-corrected chi connectivity index (χ4v) is 6.38. The predicted octanol–water partition coefficient (Wildman–Crippen LogP) is 5.07. The van der Waals surface area contributed by atoms with Crippen molar-refractivity contribution in [3.05, 3.63) is 71.0 Å². The molecule has 0 spiro atoms. The predicted molar refractivity (Wildman–Crippen MR) is 121 cm³/mol. The zero-order valence-corrected chi connectivity index (χ0v) is 17.8. The summed E-state index contributed by atoms with van der Waals surface area (Å²) in [6, 6.07) is 10.9. The number of nitrogens with zero attached hydrogens (tertiary/aromatic N) is 2. The number of allylic oxidation sites excluding steroid dienone is 1. The van der Waals surface area contributed by atoms with Crippen LogP contribution in [0.5, 0.6) is 0 Å². The van der Waals surface area contributed by atoms with Crippen molar-refractivity contribution in [2.45, 2.75) is 31.6 Å². The number of rotatable bonds is 2. The zero-order chi connectivity index (χ0) is 22.3. The molecule has 7 rings (SSSR count). The zero-order valence-electron chi connectivity index (χ0n) is 17.8. The van der Waals surface area contributed by atoms with E-state index in [2.05, 4.69) is 26.9 Å². The molecule has 2 aromatic carbocycles. The highest BCUT2D eigenvalue weighted by molar-refractivity contribution is 5.99. The van der Waals surface area contributed by atoms with Gasteiger partial charge in [0, 0.05) is 28.1 Å². The lowest BCUT2D eigenvalue weighted by Crippen LogP contribution is -2.36. The first-order valence-corrected chi connectivity index (χ1v) is 11.5. The summed E-state index contributed by atoms with van der Waals surface area (Å²) in [5.74, 6) is -0.560. The van der Waals surface area contributed by atoms with Crippen LogP contribution in [0.4, 0.5) is 4.39 Å². The van der Waals surface area contributed by atoms with Gasteiger partial charge in [0.2, 0.25) is 0 Å². The van der Waals surface area contributed by atoms with Gasteiger partial charge in [-0.2, -0.15) is 5.10 Å². The normalized spacial score (nSPS) is 24.0. The Morgan fingerprint density at radius 2 is 2.03 bits per heavy atom. The van der Waals surface area contributed by atoms with E-state index in [0.29, 0.717) is 18.8 Å². The molecule has 2 N–H and O–H groups in total. The third-order valence-electron chi connectivity index (χ3n) is 7.72. The minimum Gasteiger partial charge on any atom is -0.497 e. The van der Waals surface area contributed by atoms with Crippen LogP contribution in [0, 0.1) is 17.7 Å². The van der Waals surface area contributed by atoms with Gasteiger partial charge in [-0.3, -0.25) is 9.89 Å². The Morgan fingerprint density at radius 1 is 1.18 bits per heavy atom. The van der Waals surface area contributed by atoms with Gasteiger partial charge in [0.05, 0.1) is 23.8 Å². The van der Waals surface area contributed by atoms with Crippen molar-refractivity contribution in [2.24, 2.45) is 11.8 Å². The van der Waals surface area contributed by atoms with Gasteiger partial charge in [0.15, 0.2) is 0 Å². The molecule has 33 heavy (non-hydrogen) atoms. The summed E-state index contributed by atoms with van der Waals surface area (Å²) < 4.78 is 22.1. The maximum atomic E-state index is 13.8. The molecular weight excluding hydrogens is 421 g/mol. The third kappa shape index (κ3) is 2.59. The first-order valence-electron chi connectivity index (χ1n) is 11.5. The fourth-order valence-electron chi connectivity index (χ4n) is 6.38. The van der Waals surface area contributed by atoms with Crippen molar-refractivity contribution >= 4 is 27.8 Å². The summed E-state index contributed by atoms with van der Waals surface area (Å²) in [6.07, 6.45) is 4.95. The van der Waals surface area contributed by atoms with E-state index in [4.69, 9.17) is 4.74 Å². The van der Waals surface area contributed by atoms with Crippen molar-refractivity contribution in [1.29, 1.82) is 0 Å². The molecule has 3 atom stereocenters. The van der Waals surface area contributed by atoms with E-state index in [-0.39, 0.29) is 17.7 Å². The summed E-state index contributed by atoms with van der Waals surface area (Å²) in [6.45, 7) is 0.509. The summed E-state index contributed by atoms with van der Waals surface area (Å²) in [5, 5.41) is 19.3. The van der Waals surface area contributed by atoms with Gasteiger partial charge in [-0.1, -0.05) is 0 Å².